The molecular weight excluding hydrogens is 410 g/mol. The summed E-state index contributed by atoms with van der Waals surface area (Å²) in [4.78, 5) is 0. The van der Waals surface area contributed by atoms with E-state index in [1.165, 1.54) is 96.3 Å². The molecule has 0 unspecified atom stereocenters. The molecule has 152 valence electrons. The van der Waals surface area contributed by atoms with Crippen LogP contribution in [0.25, 0.3) is 0 Å². The maximum atomic E-state index is 2.33. The van der Waals surface area contributed by atoms with Gasteiger partial charge < -0.3 is 0 Å². The number of unbranched alkanes of at least 4 members (excludes halogenated alkanes) is 15. The Hall–Kier alpha value is 0.818. The monoisotopic (exact) mass is 460 g/mol. The molecule has 0 rings (SSSR count). The average molecular weight is 461 g/mol. The van der Waals surface area contributed by atoms with E-state index in [9.17, 15) is 0 Å². The molecule has 1 heteroatoms. The summed E-state index contributed by atoms with van der Waals surface area (Å²) >= 11 is -0.876. The second kappa shape index (κ2) is 22.9. The summed E-state index contributed by atoms with van der Waals surface area (Å²) < 4.78 is 5.12. The zero-order chi connectivity index (χ0) is 18.4. The third-order valence-electron chi connectivity index (χ3n) is 5.48. The van der Waals surface area contributed by atoms with Crippen molar-refractivity contribution in [2.24, 2.45) is 0 Å². The fourth-order valence-corrected chi connectivity index (χ4v) is 11.3. The van der Waals surface area contributed by atoms with Gasteiger partial charge in [-0.2, -0.15) is 0 Å². The van der Waals surface area contributed by atoms with Gasteiger partial charge in [-0.05, 0) is 0 Å². The van der Waals surface area contributed by atoms with E-state index in [2.05, 4.69) is 20.8 Å². The summed E-state index contributed by atoms with van der Waals surface area (Å²) in [6, 6.07) is 0. The topological polar surface area (TPSA) is 0 Å². The van der Waals surface area contributed by atoms with E-state index in [1.807, 2.05) is 0 Å². The Morgan fingerprint density at radius 1 is 0.320 bits per heavy atom. The molecule has 0 nitrogen and oxygen atoms in total. The van der Waals surface area contributed by atoms with Crippen LogP contribution < -0.4 is 0 Å². The van der Waals surface area contributed by atoms with Gasteiger partial charge in [-0.25, -0.2) is 0 Å². The molecule has 0 aromatic heterocycles. The first-order chi connectivity index (χ1) is 12.3. The summed E-state index contributed by atoms with van der Waals surface area (Å²) in [5, 5.41) is 0. The number of hydrogen-bond donors (Lipinski definition) is 0. The third-order valence-corrected chi connectivity index (χ3v) is 13.6. The van der Waals surface area contributed by atoms with E-state index >= 15 is 0 Å². The average Bonchev–Trinajstić information content (AvgIpc) is 2.63. The predicted octanol–water partition coefficient (Wildman–Crippen LogP) is 9.56. The summed E-state index contributed by atoms with van der Waals surface area (Å²) in [5.74, 6) is 0. The van der Waals surface area contributed by atoms with Crippen molar-refractivity contribution in [1.29, 1.82) is 0 Å². The summed E-state index contributed by atoms with van der Waals surface area (Å²) in [6.45, 7) is 6.98. The van der Waals surface area contributed by atoms with Gasteiger partial charge in [0.05, 0.1) is 0 Å². The van der Waals surface area contributed by atoms with Gasteiger partial charge >= 0.3 is 170 Å². The maximum absolute atomic E-state index is 2.33. The van der Waals surface area contributed by atoms with Crippen molar-refractivity contribution in [3.05, 3.63) is 0 Å². The molecule has 25 heavy (non-hydrogen) atoms. The van der Waals surface area contributed by atoms with E-state index in [0.29, 0.717) is 0 Å². The van der Waals surface area contributed by atoms with Crippen LogP contribution in [0.3, 0.4) is 0 Å². The van der Waals surface area contributed by atoms with Crippen molar-refractivity contribution in [1.82, 2.24) is 0 Å². The second-order valence-electron chi connectivity index (χ2n) is 8.14. The molecule has 0 heterocycles. The van der Waals surface area contributed by atoms with Crippen molar-refractivity contribution < 1.29 is 0 Å². The summed E-state index contributed by atoms with van der Waals surface area (Å²) in [5.41, 5.74) is 0. The SMILES string of the molecule is CCCCCCC[CH2][Sb]([CH2]CCCCCCC)[CH2]CCCCCCC. The fraction of sp³-hybridized carbons (Fsp3) is 1.00. The van der Waals surface area contributed by atoms with Crippen LogP contribution >= 0.6 is 0 Å². The Morgan fingerprint density at radius 2 is 0.560 bits per heavy atom. The molecule has 0 aromatic rings. The number of hydrogen-bond acceptors (Lipinski definition) is 0. The van der Waals surface area contributed by atoms with Crippen LogP contribution in [-0.4, -0.2) is 20.2 Å². The van der Waals surface area contributed by atoms with E-state index in [4.69, 9.17) is 0 Å². The van der Waals surface area contributed by atoms with Gasteiger partial charge in [-0.1, -0.05) is 0 Å². The Balaban J connectivity index is 3.76. The zero-order valence-electron chi connectivity index (χ0n) is 18.3. The van der Waals surface area contributed by atoms with Crippen molar-refractivity contribution >= 4 is 20.2 Å². The first-order valence-electron chi connectivity index (χ1n) is 12.1. The molecule has 0 N–H and O–H groups in total. The Kier molecular flexibility index (Phi) is 23.6. The van der Waals surface area contributed by atoms with Gasteiger partial charge in [-0.3, -0.25) is 0 Å². The van der Waals surface area contributed by atoms with Crippen molar-refractivity contribution in [3.63, 3.8) is 0 Å². The third kappa shape index (κ3) is 21.0. The van der Waals surface area contributed by atoms with Gasteiger partial charge in [0, 0.05) is 0 Å². The van der Waals surface area contributed by atoms with Crippen LogP contribution in [-0.2, 0) is 0 Å². The molecule has 0 fully saturated rings. The zero-order valence-corrected chi connectivity index (χ0v) is 20.8. The minimum atomic E-state index is -0.876. The van der Waals surface area contributed by atoms with Crippen molar-refractivity contribution in [2.45, 2.75) is 149 Å². The van der Waals surface area contributed by atoms with Gasteiger partial charge in [0.1, 0.15) is 0 Å². The molecule has 0 aliphatic rings. The molecule has 0 saturated heterocycles. The molecule has 0 radical (unpaired) electrons. The molecule has 0 aromatic carbocycles. The fourth-order valence-electron chi connectivity index (χ4n) is 3.68. The van der Waals surface area contributed by atoms with Crippen molar-refractivity contribution in [3.8, 4) is 0 Å². The van der Waals surface area contributed by atoms with Crippen LogP contribution in [0.15, 0.2) is 0 Å². The van der Waals surface area contributed by atoms with E-state index < -0.39 is 20.2 Å². The molecule has 0 amide bonds. The summed E-state index contributed by atoms with van der Waals surface area (Å²) in [7, 11) is 0. The van der Waals surface area contributed by atoms with Gasteiger partial charge in [-0.15, -0.1) is 0 Å². The van der Waals surface area contributed by atoms with Crippen LogP contribution in [0.1, 0.15) is 136 Å². The van der Waals surface area contributed by atoms with E-state index in [1.54, 1.807) is 32.4 Å². The second-order valence-corrected chi connectivity index (χ2v) is 15.8. The van der Waals surface area contributed by atoms with Gasteiger partial charge in [0.15, 0.2) is 0 Å². The van der Waals surface area contributed by atoms with Crippen LogP contribution in [0.4, 0.5) is 0 Å². The molecule has 0 aliphatic carbocycles. The molecule has 0 aliphatic heterocycles. The van der Waals surface area contributed by atoms with E-state index in [-0.39, 0.29) is 0 Å². The first-order valence-corrected chi connectivity index (χ1v) is 17.5. The normalized spacial score (nSPS) is 11.5. The molecule has 0 bridgehead atoms. The quantitative estimate of drug-likeness (QED) is 0.118. The first kappa shape index (κ1) is 25.8. The van der Waals surface area contributed by atoms with E-state index in [0.717, 1.165) is 0 Å². The number of rotatable bonds is 21. The van der Waals surface area contributed by atoms with Crippen LogP contribution in [0.5, 0.6) is 0 Å². The predicted molar refractivity (Wildman–Crippen MR) is 120 cm³/mol. The molecule has 0 saturated carbocycles. The Labute approximate surface area is 169 Å². The van der Waals surface area contributed by atoms with Gasteiger partial charge in [0.2, 0.25) is 0 Å². The minimum absolute atomic E-state index is 0.876. The summed E-state index contributed by atoms with van der Waals surface area (Å²) in [6.07, 6.45) is 26.9. The molecular formula is C24H51Sb. The Morgan fingerprint density at radius 3 is 0.840 bits per heavy atom. The van der Waals surface area contributed by atoms with Crippen molar-refractivity contribution in [2.75, 3.05) is 0 Å². The van der Waals surface area contributed by atoms with Gasteiger partial charge in [0.25, 0.3) is 0 Å². The molecule has 0 atom stereocenters. The van der Waals surface area contributed by atoms with Crippen LogP contribution in [0.2, 0.25) is 13.1 Å². The standard InChI is InChI=1S/3C8H17.Sb/c3*1-3-5-7-8-6-4-2;/h3*1,3-8H2,2H3;. The van der Waals surface area contributed by atoms with Crippen LogP contribution in [0, 0.1) is 0 Å². The molecule has 0 spiro atoms. The Bertz CT molecular complexity index is 188.